The zero-order valence-electron chi connectivity index (χ0n) is 13.6. The molecule has 1 heterocycles. The van der Waals surface area contributed by atoms with E-state index in [1.807, 2.05) is 55.5 Å². The first kappa shape index (κ1) is 16.3. The van der Waals surface area contributed by atoms with Gasteiger partial charge in [-0.3, -0.25) is 0 Å². The molecule has 0 aliphatic rings. The van der Waals surface area contributed by atoms with Gasteiger partial charge in [-0.25, -0.2) is 9.97 Å². The maximum Gasteiger partial charge on any atom is 0.136 e. The van der Waals surface area contributed by atoms with Crippen molar-refractivity contribution in [2.24, 2.45) is 0 Å². The lowest BCUT2D eigenvalue weighted by Gasteiger charge is -2.16. The highest BCUT2D eigenvalue weighted by molar-refractivity contribution is 6.33. The minimum atomic E-state index is 0.147. The number of halogens is 1. The van der Waals surface area contributed by atoms with E-state index in [1.54, 1.807) is 0 Å². The average Bonchev–Trinajstić information content (AvgIpc) is 2.57. The Morgan fingerprint density at radius 2 is 1.58 bits per heavy atom. The first-order valence-corrected chi connectivity index (χ1v) is 8.18. The summed E-state index contributed by atoms with van der Waals surface area (Å²) in [6.45, 7) is 3.98. The van der Waals surface area contributed by atoms with E-state index in [9.17, 15) is 0 Å². The van der Waals surface area contributed by atoms with Crippen molar-refractivity contribution in [2.75, 3.05) is 10.6 Å². The second-order valence-electron chi connectivity index (χ2n) is 5.57. The standard InChI is InChI=1S/C19H19ClN4/c1-13(15-8-4-3-5-9-15)21-18-12-19(23-14(2)22-18)24-17-11-7-6-10-16(17)20/h3-13H,1-2H3,(H2,21,22,23,24). The Balaban J connectivity index is 1.80. The second kappa shape index (κ2) is 7.32. The minimum Gasteiger partial charge on any atom is -0.363 e. The van der Waals surface area contributed by atoms with Gasteiger partial charge >= 0.3 is 0 Å². The predicted molar refractivity (Wildman–Crippen MR) is 100.0 cm³/mol. The molecule has 1 aromatic heterocycles. The molecule has 0 saturated heterocycles. The van der Waals surface area contributed by atoms with Gasteiger partial charge in [-0.15, -0.1) is 0 Å². The molecule has 1 atom stereocenters. The van der Waals surface area contributed by atoms with Crippen LogP contribution in [0.4, 0.5) is 17.3 Å². The van der Waals surface area contributed by atoms with Crippen LogP contribution in [-0.4, -0.2) is 9.97 Å². The van der Waals surface area contributed by atoms with Gasteiger partial charge in [-0.1, -0.05) is 54.1 Å². The summed E-state index contributed by atoms with van der Waals surface area (Å²) >= 11 is 6.20. The Hall–Kier alpha value is -2.59. The zero-order chi connectivity index (χ0) is 16.9. The van der Waals surface area contributed by atoms with Gasteiger partial charge in [-0.2, -0.15) is 0 Å². The number of nitrogens with one attached hydrogen (secondary N) is 2. The summed E-state index contributed by atoms with van der Waals surface area (Å²) in [5, 5.41) is 7.31. The van der Waals surface area contributed by atoms with Gasteiger partial charge < -0.3 is 10.6 Å². The molecule has 5 heteroatoms. The van der Waals surface area contributed by atoms with Crippen LogP contribution in [0.5, 0.6) is 0 Å². The van der Waals surface area contributed by atoms with E-state index in [0.717, 1.165) is 11.5 Å². The molecule has 0 fully saturated rings. The van der Waals surface area contributed by atoms with Gasteiger partial charge in [0.05, 0.1) is 10.7 Å². The van der Waals surface area contributed by atoms with Crippen LogP contribution >= 0.6 is 11.6 Å². The summed E-state index contributed by atoms with van der Waals surface area (Å²) in [5.74, 6) is 2.17. The molecule has 24 heavy (non-hydrogen) atoms. The molecule has 0 spiro atoms. The monoisotopic (exact) mass is 338 g/mol. The molecule has 1 unspecified atom stereocenters. The second-order valence-corrected chi connectivity index (χ2v) is 5.97. The number of nitrogens with zero attached hydrogens (tertiary/aromatic N) is 2. The highest BCUT2D eigenvalue weighted by Crippen LogP contribution is 2.25. The quantitative estimate of drug-likeness (QED) is 0.658. The molecule has 0 aliphatic heterocycles. The third-order valence-corrected chi connectivity index (χ3v) is 3.97. The summed E-state index contributed by atoms with van der Waals surface area (Å²) in [6, 6.07) is 19.9. The van der Waals surface area contributed by atoms with Gasteiger partial charge in [-0.05, 0) is 31.5 Å². The first-order chi connectivity index (χ1) is 11.6. The molecular formula is C19H19ClN4. The van der Waals surface area contributed by atoms with Crippen molar-refractivity contribution in [3.05, 3.63) is 77.1 Å². The number of hydrogen-bond donors (Lipinski definition) is 2. The van der Waals surface area contributed by atoms with Crippen molar-refractivity contribution in [2.45, 2.75) is 19.9 Å². The largest absolute Gasteiger partial charge is 0.363 e. The minimum absolute atomic E-state index is 0.147. The van der Waals surface area contributed by atoms with Crippen molar-refractivity contribution in [1.29, 1.82) is 0 Å². The van der Waals surface area contributed by atoms with Crippen molar-refractivity contribution in [3.8, 4) is 0 Å². The van der Waals surface area contributed by atoms with Crippen LogP contribution in [0.1, 0.15) is 24.4 Å². The Morgan fingerprint density at radius 3 is 2.33 bits per heavy atom. The molecular weight excluding hydrogens is 320 g/mol. The summed E-state index contributed by atoms with van der Waals surface area (Å²) in [4.78, 5) is 8.90. The molecule has 3 aromatic rings. The predicted octanol–water partition coefficient (Wildman–Crippen LogP) is 5.36. The molecule has 0 bridgehead atoms. The number of anilines is 3. The molecule has 0 radical (unpaired) electrons. The van der Waals surface area contributed by atoms with E-state index in [0.29, 0.717) is 16.7 Å². The van der Waals surface area contributed by atoms with Crippen LogP contribution < -0.4 is 10.6 Å². The molecule has 0 amide bonds. The van der Waals surface area contributed by atoms with E-state index in [2.05, 4.69) is 39.7 Å². The van der Waals surface area contributed by atoms with Crippen molar-refractivity contribution < 1.29 is 0 Å². The van der Waals surface area contributed by atoms with Gasteiger partial charge in [0.25, 0.3) is 0 Å². The van der Waals surface area contributed by atoms with E-state index < -0.39 is 0 Å². The summed E-state index contributed by atoms with van der Waals surface area (Å²) in [6.07, 6.45) is 0. The number of rotatable bonds is 5. The maximum atomic E-state index is 6.20. The Morgan fingerprint density at radius 1 is 0.917 bits per heavy atom. The molecule has 2 N–H and O–H groups in total. The molecule has 4 nitrogen and oxygen atoms in total. The van der Waals surface area contributed by atoms with Crippen molar-refractivity contribution in [1.82, 2.24) is 9.97 Å². The van der Waals surface area contributed by atoms with Crippen LogP contribution in [0.15, 0.2) is 60.7 Å². The molecule has 0 saturated carbocycles. The fourth-order valence-electron chi connectivity index (χ4n) is 2.45. The molecule has 3 rings (SSSR count). The third kappa shape index (κ3) is 4.03. The number of para-hydroxylation sites is 1. The van der Waals surface area contributed by atoms with Crippen molar-refractivity contribution in [3.63, 3.8) is 0 Å². The number of aromatic nitrogens is 2. The molecule has 0 aliphatic carbocycles. The van der Waals surface area contributed by atoms with Crippen LogP contribution in [0, 0.1) is 6.92 Å². The number of benzene rings is 2. The summed E-state index contributed by atoms with van der Waals surface area (Å²) in [5.41, 5.74) is 2.02. The lowest BCUT2D eigenvalue weighted by atomic mass is 10.1. The lowest BCUT2D eigenvalue weighted by molar-refractivity contribution is 0.867. The summed E-state index contributed by atoms with van der Waals surface area (Å²) in [7, 11) is 0. The molecule has 122 valence electrons. The summed E-state index contributed by atoms with van der Waals surface area (Å²) < 4.78 is 0. The SMILES string of the molecule is Cc1nc(Nc2ccccc2Cl)cc(NC(C)c2ccccc2)n1. The van der Waals surface area contributed by atoms with Crippen LogP contribution in [-0.2, 0) is 0 Å². The van der Waals surface area contributed by atoms with E-state index in [1.165, 1.54) is 5.56 Å². The smallest absolute Gasteiger partial charge is 0.136 e. The highest BCUT2D eigenvalue weighted by Gasteiger charge is 2.08. The van der Waals surface area contributed by atoms with Gasteiger partial charge in [0.1, 0.15) is 17.5 Å². The van der Waals surface area contributed by atoms with Crippen LogP contribution in [0.2, 0.25) is 5.02 Å². The Bertz CT molecular complexity index is 821. The maximum absolute atomic E-state index is 6.20. The first-order valence-electron chi connectivity index (χ1n) is 7.80. The topological polar surface area (TPSA) is 49.8 Å². The average molecular weight is 339 g/mol. The zero-order valence-corrected chi connectivity index (χ0v) is 14.4. The Kier molecular flexibility index (Phi) is 4.96. The van der Waals surface area contributed by atoms with Gasteiger partial charge in [0.15, 0.2) is 0 Å². The fraction of sp³-hybridized carbons (Fsp3) is 0.158. The highest BCUT2D eigenvalue weighted by atomic mass is 35.5. The van der Waals surface area contributed by atoms with E-state index >= 15 is 0 Å². The fourth-order valence-corrected chi connectivity index (χ4v) is 2.64. The van der Waals surface area contributed by atoms with Gasteiger partial charge in [0.2, 0.25) is 0 Å². The third-order valence-electron chi connectivity index (χ3n) is 3.64. The number of hydrogen-bond acceptors (Lipinski definition) is 4. The van der Waals surface area contributed by atoms with Gasteiger partial charge in [0, 0.05) is 12.1 Å². The van der Waals surface area contributed by atoms with E-state index in [4.69, 9.17) is 11.6 Å². The lowest BCUT2D eigenvalue weighted by Crippen LogP contribution is -2.09. The van der Waals surface area contributed by atoms with Crippen LogP contribution in [0.25, 0.3) is 0 Å². The normalized spacial score (nSPS) is 11.8. The van der Waals surface area contributed by atoms with Crippen LogP contribution in [0.3, 0.4) is 0 Å². The molecule has 2 aromatic carbocycles. The Labute approximate surface area is 146 Å². The van der Waals surface area contributed by atoms with Crippen molar-refractivity contribution >= 4 is 28.9 Å². The number of aryl methyl sites for hydroxylation is 1. The van der Waals surface area contributed by atoms with E-state index in [-0.39, 0.29) is 6.04 Å².